The number of fused-ring (bicyclic) bond motifs is 1. The van der Waals surface area contributed by atoms with E-state index in [-0.39, 0.29) is 18.3 Å². The number of para-hydroxylation sites is 1. The molecular formula is C21H21FN2O3S. The summed E-state index contributed by atoms with van der Waals surface area (Å²) in [5.74, 6) is -1.18. The Labute approximate surface area is 166 Å². The van der Waals surface area contributed by atoms with Crippen molar-refractivity contribution in [1.29, 1.82) is 0 Å². The monoisotopic (exact) mass is 400 g/mol. The number of amides is 1. The Morgan fingerprint density at radius 2 is 1.86 bits per heavy atom. The summed E-state index contributed by atoms with van der Waals surface area (Å²) in [7, 11) is 0. The first-order valence-corrected chi connectivity index (χ1v) is 9.84. The first-order chi connectivity index (χ1) is 13.4. The fourth-order valence-electron chi connectivity index (χ4n) is 2.71. The van der Waals surface area contributed by atoms with E-state index in [0.717, 1.165) is 20.8 Å². The van der Waals surface area contributed by atoms with Gasteiger partial charge in [-0.2, -0.15) is 0 Å². The number of esters is 1. The molecule has 0 saturated heterocycles. The van der Waals surface area contributed by atoms with Crippen LogP contribution in [0.5, 0.6) is 0 Å². The number of hydrogen-bond acceptors (Lipinski definition) is 5. The normalized spacial score (nSPS) is 13.1. The van der Waals surface area contributed by atoms with Gasteiger partial charge in [-0.15, -0.1) is 11.3 Å². The summed E-state index contributed by atoms with van der Waals surface area (Å²) in [5, 5.41) is 3.62. The van der Waals surface area contributed by atoms with Crippen molar-refractivity contribution in [2.75, 3.05) is 0 Å². The molecule has 146 valence electrons. The van der Waals surface area contributed by atoms with Crippen LogP contribution in [0, 0.1) is 5.82 Å². The van der Waals surface area contributed by atoms with Gasteiger partial charge in [0.25, 0.3) is 5.91 Å². The maximum Gasteiger partial charge on any atom is 0.306 e. The predicted molar refractivity (Wildman–Crippen MR) is 106 cm³/mol. The molecule has 0 saturated carbocycles. The van der Waals surface area contributed by atoms with Crippen molar-refractivity contribution in [3.05, 3.63) is 64.9 Å². The first-order valence-electron chi connectivity index (χ1n) is 9.02. The van der Waals surface area contributed by atoms with E-state index in [4.69, 9.17) is 4.74 Å². The van der Waals surface area contributed by atoms with Crippen LogP contribution in [0.2, 0.25) is 0 Å². The quantitative estimate of drug-likeness (QED) is 0.604. The molecule has 2 aromatic carbocycles. The van der Waals surface area contributed by atoms with Crippen molar-refractivity contribution in [3.8, 4) is 0 Å². The number of hydrogen-bond donors (Lipinski definition) is 1. The SMILES string of the molecule is C[C@H](OC(=O)CCc1nc2ccccc2s1)C(=O)N[C@@H](C)c1ccc(F)cc1. The molecule has 0 bridgehead atoms. The Morgan fingerprint density at radius 3 is 2.57 bits per heavy atom. The second-order valence-electron chi connectivity index (χ2n) is 6.49. The second-order valence-corrected chi connectivity index (χ2v) is 7.60. The highest BCUT2D eigenvalue weighted by molar-refractivity contribution is 7.18. The van der Waals surface area contributed by atoms with Crippen LogP contribution < -0.4 is 5.32 Å². The van der Waals surface area contributed by atoms with Crippen LogP contribution in [-0.2, 0) is 20.7 Å². The highest BCUT2D eigenvalue weighted by atomic mass is 32.1. The largest absolute Gasteiger partial charge is 0.453 e. The third-order valence-corrected chi connectivity index (χ3v) is 5.38. The van der Waals surface area contributed by atoms with Crippen LogP contribution in [0.25, 0.3) is 10.2 Å². The molecule has 0 radical (unpaired) electrons. The Kier molecular flexibility index (Phi) is 6.36. The minimum atomic E-state index is -0.911. The Morgan fingerprint density at radius 1 is 1.14 bits per heavy atom. The van der Waals surface area contributed by atoms with Gasteiger partial charge in [0, 0.05) is 6.42 Å². The van der Waals surface area contributed by atoms with Crippen molar-refractivity contribution < 1.29 is 18.7 Å². The average molecular weight is 400 g/mol. The van der Waals surface area contributed by atoms with E-state index in [1.54, 1.807) is 30.4 Å². The summed E-state index contributed by atoms with van der Waals surface area (Å²) in [4.78, 5) is 28.8. The summed E-state index contributed by atoms with van der Waals surface area (Å²) in [6.07, 6.45) is -0.283. The smallest absolute Gasteiger partial charge is 0.306 e. The molecule has 1 N–H and O–H groups in total. The Balaban J connectivity index is 1.47. The van der Waals surface area contributed by atoms with Crippen LogP contribution in [0.1, 0.15) is 36.9 Å². The number of rotatable bonds is 7. The van der Waals surface area contributed by atoms with Gasteiger partial charge in [0.05, 0.1) is 27.7 Å². The van der Waals surface area contributed by atoms with Crippen LogP contribution in [0.4, 0.5) is 4.39 Å². The van der Waals surface area contributed by atoms with Gasteiger partial charge in [0.1, 0.15) is 5.82 Å². The lowest BCUT2D eigenvalue weighted by Gasteiger charge is -2.18. The minimum absolute atomic E-state index is 0.158. The van der Waals surface area contributed by atoms with Crippen LogP contribution in [0.15, 0.2) is 48.5 Å². The number of ether oxygens (including phenoxy) is 1. The summed E-state index contributed by atoms with van der Waals surface area (Å²) in [6, 6.07) is 13.4. The van der Waals surface area contributed by atoms with Gasteiger partial charge in [-0.25, -0.2) is 9.37 Å². The molecule has 3 rings (SSSR count). The van der Waals surface area contributed by atoms with Crippen LogP contribution in [-0.4, -0.2) is 23.0 Å². The topological polar surface area (TPSA) is 68.3 Å². The molecule has 0 aliphatic carbocycles. The number of benzene rings is 2. The summed E-state index contributed by atoms with van der Waals surface area (Å²) in [6.45, 7) is 3.31. The van der Waals surface area contributed by atoms with Gasteiger partial charge in [-0.3, -0.25) is 9.59 Å². The highest BCUT2D eigenvalue weighted by Crippen LogP contribution is 2.22. The number of halogens is 1. The van der Waals surface area contributed by atoms with E-state index in [1.807, 2.05) is 24.3 Å². The minimum Gasteiger partial charge on any atom is -0.453 e. The lowest BCUT2D eigenvalue weighted by molar-refractivity contribution is -0.155. The van der Waals surface area contributed by atoms with Crippen molar-refractivity contribution in [1.82, 2.24) is 10.3 Å². The number of nitrogens with one attached hydrogen (secondary N) is 1. The highest BCUT2D eigenvalue weighted by Gasteiger charge is 2.20. The summed E-state index contributed by atoms with van der Waals surface area (Å²) in [5.41, 5.74) is 1.68. The molecule has 7 heteroatoms. The lowest BCUT2D eigenvalue weighted by Crippen LogP contribution is -2.37. The predicted octanol–water partition coefficient (Wildman–Crippen LogP) is 4.18. The molecule has 1 amide bonds. The Bertz CT molecular complexity index is 938. The molecule has 3 aromatic rings. The maximum atomic E-state index is 13.0. The first kappa shape index (κ1) is 19.9. The molecule has 1 aromatic heterocycles. The van der Waals surface area contributed by atoms with Gasteiger partial charge >= 0.3 is 5.97 Å². The number of thiazole rings is 1. The van der Waals surface area contributed by atoms with Crippen molar-refractivity contribution >= 4 is 33.4 Å². The number of nitrogens with zero attached hydrogens (tertiary/aromatic N) is 1. The molecule has 0 fully saturated rings. The number of aryl methyl sites for hydroxylation is 1. The molecule has 1 heterocycles. The molecule has 0 aliphatic heterocycles. The van der Waals surface area contributed by atoms with Gasteiger partial charge < -0.3 is 10.1 Å². The van der Waals surface area contributed by atoms with Gasteiger partial charge in [-0.05, 0) is 43.7 Å². The lowest BCUT2D eigenvalue weighted by atomic mass is 10.1. The van der Waals surface area contributed by atoms with E-state index in [9.17, 15) is 14.0 Å². The zero-order valence-electron chi connectivity index (χ0n) is 15.6. The standard InChI is InChI=1S/C21H21FN2O3S/c1-13(15-7-9-16(22)10-8-15)23-21(26)14(2)27-20(25)12-11-19-24-17-5-3-4-6-18(17)28-19/h3-10,13-14H,11-12H2,1-2H3,(H,23,26)/t13-,14-/m0/s1. The van der Waals surface area contributed by atoms with Crippen LogP contribution >= 0.6 is 11.3 Å². The van der Waals surface area contributed by atoms with Crippen molar-refractivity contribution in [3.63, 3.8) is 0 Å². The number of carbonyl (C=O) groups is 2. The van der Waals surface area contributed by atoms with Gasteiger partial charge in [-0.1, -0.05) is 24.3 Å². The van der Waals surface area contributed by atoms with E-state index in [2.05, 4.69) is 10.3 Å². The molecular weight excluding hydrogens is 379 g/mol. The fraction of sp³-hybridized carbons (Fsp3) is 0.286. The Hall–Kier alpha value is -2.80. The van der Waals surface area contributed by atoms with Crippen LogP contribution in [0.3, 0.4) is 0 Å². The summed E-state index contributed by atoms with van der Waals surface area (Å²) < 4.78 is 19.3. The molecule has 0 spiro atoms. The number of aromatic nitrogens is 1. The zero-order chi connectivity index (χ0) is 20.1. The molecule has 5 nitrogen and oxygen atoms in total. The zero-order valence-corrected chi connectivity index (χ0v) is 16.5. The van der Waals surface area contributed by atoms with E-state index < -0.39 is 18.0 Å². The molecule has 0 aliphatic rings. The third-order valence-electron chi connectivity index (χ3n) is 4.29. The van der Waals surface area contributed by atoms with Crippen molar-refractivity contribution in [2.24, 2.45) is 0 Å². The molecule has 2 atom stereocenters. The second kappa shape index (κ2) is 8.93. The molecule has 0 unspecified atom stereocenters. The summed E-state index contributed by atoms with van der Waals surface area (Å²) >= 11 is 1.55. The van der Waals surface area contributed by atoms with E-state index in [0.29, 0.717) is 6.42 Å². The molecule has 28 heavy (non-hydrogen) atoms. The third kappa shape index (κ3) is 5.13. The van der Waals surface area contributed by atoms with Gasteiger partial charge in [0.2, 0.25) is 0 Å². The van der Waals surface area contributed by atoms with E-state index >= 15 is 0 Å². The maximum absolute atomic E-state index is 13.0. The average Bonchev–Trinajstić information content (AvgIpc) is 3.09. The number of carbonyl (C=O) groups excluding carboxylic acids is 2. The van der Waals surface area contributed by atoms with Crippen molar-refractivity contribution in [2.45, 2.75) is 38.8 Å². The van der Waals surface area contributed by atoms with Gasteiger partial charge in [0.15, 0.2) is 6.10 Å². The fourth-order valence-corrected chi connectivity index (χ4v) is 3.68. The van der Waals surface area contributed by atoms with E-state index in [1.165, 1.54) is 19.1 Å².